The molecule has 0 bridgehead atoms. The number of ether oxygens (including phenoxy) is 1. The second kappa shape index (κ2) is 7.38. The second-order valence-electron chi connectivity index (χ2n) is 4.22. The lowest BCUT2D eigenvalue weighted by atomic mass is 10.1. The molecule has 0 aliphatic heterocycles. The Kier molecular flexibility index (Phi) is 6.15. The Bertz CT molecular complexity index is 410. The monoisotopic (exact) mass is 314 g/mol. The standard InChI is InChI=1S/C13H19BrN2O2/c1-9(7-15-2)8-16-13(17)10-4-5-12(18-3)11(14)6-10/h4-6,9,15H,7-8H2,1-3H3,(H,16,17). The van der Waals surface area contributed by atoms with Crippen LogP contribution in [-0.2, 0) is 0 Å². The molecule has 0 aliphatic carbocycles. The summed E-state index contributed by atoms with van der Waals surface area (Å²) in [6, 6.07) is 5.29. The average molecular weight is 315 g/mol. The summed E-state index contributed by atoms with van der Waals surface area (Å²) >= 11 is 3.37. The van der Waals surface area contributed by atoms with Crippen molar-refractivity contribution in [1.29, 1.82) is 0 Å². The molecule has 5 heteroatoms. The van der Waals surface area contributed by atoms with E-state index in [1.807, 2.05) is 7.05 Å². The number of rotatable bonds is 6. The number of amides is 1. The van der Waals surface area contributed by atoms with Crippen LogP contribution in [0.3, 0.4) is 0 Å². The first-order valence-electron chi connectivity index (χ1n) is 5.84. The number of hydrogen-bond donors (Lipinski definition) is 2. The highest BCUT2D eigenvalue weighted by Crippen LogP contribution is 2.25. The summed E-state index contributed by atoms with van der Waals surface area (Å²) in [5.74, 6) is 1.05. The molecule has 18 heavy (non-hydrogen) atoms. The Morgan fingerprint density at radius 2 is 2.17 bits per heavy atom. The van der Waals surface area contributed by atoms with Crippen molar-refractivity contribution in [3.63, 3.8) is 0 Å². The first-order chi connectivity index (χ1) is 8.58. The van der Waals surface area contributed by atoms with Crippen molar-refractivity contribution in [1.82, 2.24) is 10.6 Å². The summed E-state index contributed by atoms with van der Waals surface area (Å²) in [4.78, 5) is 11.9. The lowest BCUT2D eigenvalue weighted by Crippen LogP contribution is -2.32. The van der Waals surface area contributed by atoms with Crippen LogP contribution in [-0.4, -0.2) is 33.2 Å². The first-order valence-corrected chi connectivity index (χ1v) is 6.64. The minimum absolute atomic E-state index is 0.0682. The number of benzene rings is 1. The van der Waals surface area contributed by atoms with Crippen LogP contribution in [0.1, 0.15) is 17.3 Å². The molecule has 0 spiro atoms. The van der Waals surface area contributed by atoms with Crippen LogP contribution in [0.2, 0.25) is 0 Å². The van der Waals surface area contributed by atoms with Crippen LogP contribution in [0.5, 0.6) is 5.75 Å². The molecular formula is C13H19BrN2O2. The van der Waals surface area contributed by atoms with Crippen LogP contribution in [0.25, 0.3) is 0 Å². The van der Waals surface area contributed by atoms with Crippen LogP contribution in [0.15, 0.2) is 22.7 Å². The van der Waals surface area contributed by atoms with Gasteiger partial charge >= 0.3 is 0 Å². The summed E-state index contributed by atoms with van der Waals surface area (Å²) in [5.41, 5.74) is 0.624. The molecule has 1 aromatic rings. The maximum atomic E-state index is 11.9. The second-order valence-corrected chi connectivity index (χ2v) is 5.08. The van der Waals surface area contributed by atoms with E-state index in [1.54, 1.807) is 25.3 Å². The van der Waals surface area contributed by atoms with Crippen molar-refractivity contribution < 1.29 is 9.53 Å². The molecule has 100 valence electrons. The molecule has 2 N–H and O–H groups in total. The molecule has 0 aromatic heterocycles. The van der Waals surface area contributed by atoms with Crippen LogP contribution < -0.4 is 15.4 Å². The number of methoxy groups -OCH3 is 1. The molecule has 1 aromatic carbocycles. The quantitative estimate of drug-likeness (QED) is 0.845. The molecule has 4 nitrogen and oxygen atoms in total. The number of halogens is 1. The summed E-state index contributed by atoms with van der Waals surface area (Å²) < 4.78 is 5.90. The van der Waals surface area contributed by atoms with Crippen molar-refractivity contribution in [2.24, 2.45) is 5.92 Å². The van der Waals surface area contributed by atoms with Crippen LogP contribution in [0.4, 0.5) is 0 Å². The Hall–Kier alpha value is -1.07. The Labute approximate surface area is 116 Å². The zero-order chi connectivity index (χ0) is 13.5. The van der Waals surface area contributed by atoms with Gasteiger partial charge in [-0.1, -0.05) is 6.92 Å². The van der Waals surface area contributed by atoms with E-state index in [0.717, 1.165) is 16.8 Å². The van der Waals surface area contributed by atoms with E-state index in [9.17, 15) is 4.79 Å². The van der Waals surface area contributed by atoms with Gasteiger partial charge in [0.15, 0.2) is 0 Å². The number of hydrogen-bond acceptors (Lipinski definition) is 3. The zero-order valence-corrected chi connectivity index (χ0v) is 12.5. The summed E-state index contributed by atoms with van der Waals surface area (Å²) in [6.07, 6.45) is 0. The maximum absolute atomic E-state index is 11.9. The number of carbonyl (C=O) groups excluding carboxylic acids is 1. The van der Waals surface area contributed by atoms with E-state index < -0.39 is 0 Å². The molecule has 0 saturated heterocycles. The van der Waals surface area contributed by atoms with Crippen LogP contribution >= 0.6 is 15.9 Å². The van der Waals surface area contributed by atoms with Gasteiger partial charge in [-0.25, -0.2) is 0 Å². The topological polar surface area (TPSA) is 50.4 Å². The molecule has 0 heterocycles. The van der Waals surface area contributed by atoms with Gasteiger partial charge in [0.25, 0.3) is 5.91 Å². The molecule has 0 saturated carbocycles. The van der Waals surface area contributed by atoms with Crippen molar-refractivity contribution >= 4 is 21.8 Å². The fourth-order valence-electron chi connectivity index (χ4n) is 1.60. The molecule has 1 atom stereocenters. The summed E-state index contributed by atoms with van der Waals surface area (Å²) in [6.45, 7) is 3.62. The normalized spacial score (nSPS) is 12.0. The fourth-order valence-corrected chi connectivity index (χ4v) is 2.14. The largest absolute Gasteiger partial charge is 0.496 e. The van der Waals surface area contributed by atoms with Crippen molar-refractivity contribution in [2.75, 3.05) is 27.2 Å². The molecule has 1 rings (SSSR count). The molecule has 0 fully saturated rings. The molecule has 0 radical (unpaired) electrons. The van der Waals surface area contributed by atoms with Gasteiger partial charge in [-0.3, -0.25) is 4.79 Å². The van der Waals surface area contributed by atoms with E-state index in [0.29, 0.717) is 18.0 Å². The number of carbonyl (C=O) groups is 1. The van der Waals surface area contributed by atoms with Gasteiger partial charge in [0.2, 0.25) is 0 Å². The van der Waals surface area contributed by atoms with Gasteiger partial charge in [-0.05, 0) is 53.6 Å². The van der Waals surface area contributed by atoms with Gasteiger partial charge in [0, 0.05) is 12.1 Å². The van der Waals surface area contributed by atoms with Crippen molar-refractivity contribution in [3.05, 3.63) is 28.2 Å². The Morgan fingerprint density at radius 1 is 1.44 bits per heavy atom. The van der Waals surface area contributed by atoms with E-state index >= 15 is 0 Å². The van der Waals surface area contributed by atoms with E-state index in [4.69, 9.17) is 4.74 Å². The van der Waals surface area contributed by atoms with Gasteiger partial charge in [0.05, 0.1) is 11.6 Å². The van der Waals surface area contributed by atoms with Crippen molar-refractivity contribution in [3.8, 4) is 5.75 Å². The zero-order valence-electron chi connectivity index (χ0n) is 10.9. The predicted octanol–water partition coefficient (Wildman–Crippen LogP) is 2.04. The van der Waals surface area contributed by atoms with Gasteiger partial charge < -0.3 is 15.4 Å². The van der Waals surface area contributed by atoms with Crippen LogP contribution in [0, 0.1) is 5.92 Å². The minimum atomic E-state index is -0.0682. The molecule has 1 amide bonds. The number of nitrogens with one attached hydrogen (secondary N) is 2. The Morgan fingerprint density at radius 3 is 2.72 bits per heavy atom. The first kappa shape index (κ1) is 15.0. The predicted molar refractivity (Wildman–Crippen MR) is 76.1 cm³/mol. The molecule has 1 unspecified atom stereocenters. The molecular weight excluding hydrogens is 296 g/mol. The van der Waals surface area contributed by atoms with Gasteiger partial charge in [0.1, 0.15) is 5.75 Å². The average Bonchev–Trinajstić information content (AvgIpc) is 2.36. The third kappa shape index (κ3) is 4.31. The SMILES string of the molecule is CNCC(C)CNC(=O)c1ccc(OC)c(Br)c1. The van der Waals surface area contributed by atoms with Crippen molar-refractivity contribution in [2.45, 2.75) is 6.92 Å². The highest BCUT2D eigenvalue weighted by Gasteiger charge is 2.09. The van der Waals surface area contributed by atoms with Gasteiger partial charge in [-0.15, -0.1) is 0 Å². The minimum Gasteiger partial charge on any atom is -0.496 e. The maximum Gasteiger partial charge on any atom is 0.251 e. The lowest BCUT2D eigenvalue weighted by Gasteiger charge is -2.12. The molecule has 0 aliphatic rings. The smallest absolute Gasteiger partial charge is 0.251 e. The lowest BCUT2D eigenvalue weighted by molar-refractivity contribution is 0.0948. The highest BCUT2D eigenvalue weighted by atomic mass is 79.9. The summed E-state index contributed by atoms with van der Waals surface area (Å²) in [5, 5.41) is 5.99. The summed E-state index contributed by atoms with van der Waals surface area (Å²) in [7, 11) is 3.50. The third-order valence-electron chi connectivity index (χ3n) is 2.58. The third-order valence-corrected chi connectivity index (χ3v) is 3.20. The van der Waals surface area contributed by atoms with E-state index in [-0.39, 0.29) is 5.91 Å². The highest BCUT2D eigenvalue weighted by molar-refractivity contribution is 9.10. The van der Waals surface area contributed by atoms with E-state index in [1.165, 1.54) is 0 Å². The van der Waals surface area contributed by atoms with Gasteiger partial charge in [-0.2, -0.15) is 0 Å². The Balaban J connectivity index is 2.59. The fraction of sp³-hybridized carbons (Fsp3) is 0.462. The van der Waals surface area contributed by atoms with E-state index in [2.05, 4.69) is 33.5 Å².